The maximum absolute atomic E-state index is 11.0. The molecule has 1 heterocycles. The highest BCUT2D eigenvalue weighted by atomic mass is 16.7. The molecule has 0 atom stereocenters. The third kappa shape index (κ3) is 2.76. The van der Waals surface area contributed by atoms with E-state index >= 15 is 0 Å². The summed E-state index contributed by atoms with van der Waals surface area (Å²) in [7, 11) is 1.27. The van der Waals surface area contributed by atoms with E-state index in [1.54, 1.807) is 13.1 Å². The van der Waals surface area contributed by atoms with E-state index < -0.39 is 7.12 Å². The van der Waals surface area contributed by atoms with Gasteiger partial charge in [-0.3, -0.25) is 4.79 Å². The van der Waals surface area contributed by atoms with Crippen molar-refractivity contribution in [3.8, 4) is 0 Å². The Bertz CT molecular complexity index is 553. The second-order valence-corrected chi connectivity index (χ2v) is 6.33. The van der Waals surface area contributed by atoms with Gasteiger partial charge in [-0.2, -0.15) is 0 Å². The lowest BCUT2D eigenvalue weighted by atomic mass is 9.78. The van der Waals surface area contributed by atoms with E-state index in [2.05, 4.69) is 6.58 Å². The predicted molar refractivity (Wildman–Crippen MR) is 86.7 cm³/mol. The van der Waals surface area contributed by atoms with Crippen molar-refractivity contribution < 1.29 is 14.1 Å². The Morgan fingerprint density at radius 3 is 2.24 bits per heavy atom. The number of carbonyl (C=O) groups is 1. The van der Waals surface area contributed by atoms with E-state index in [0.29, 0.717) is 0 Å². The van der Waals surface area contributed by atoms with Crippen molar-refractivity contribution in [1.29, 1.82) is 0 Å². The van der Waals surface area contributed by atoms with Crippen molar-refractivity contribution >= 4 is 30.8 Å². The van der Waals surface area contributed by atoms with Crippen molar-refractivity contribution in [2.24, 2.45) is 0 Å². The van der Waals surface area contributed by atoms with E-state index in [9.17, 15) is 4.79 Å². The molecule has 0 spiro atoms. The van der Waals surface area contributed by atoms with Crippen molar-refractivity contribution in [2.75, 3.05) is 11.9 Å². The average molecular weight is 287 g/mol. The van der Waals surface area contributed by atoms with Crippen LogP contribution in [0.15, 0.2) is 24.8 Å². The summed E-state index contributed by atoms with van der Waals surface area (Å²) in [6.07, 6.45) is 2.50. The zero-order chi connectivity index (χ0) is 15.8. The molecule has 4 nitrogen and oxygen atoms in total. The Labute approximate surface area is 126 Å². The molecular formula is C16H22BNO3. The molecule has 1 aromatic rings. The second kappa shape index (κ2) is 5.32. The molecule has 1 fully saturated rings. The van der Waals surface area contributed by atoms with E-state index in [0.717, 1.165) is 23.1 Å². The van der Waals surface area contributed by atoms with Gasteiger partial charge in [0.1, 0.15) is 0 Å². The van der Waals surface area contributed by atoms with Gasteiger partial charge in [-0.15, -0.1) is 0 Å². The van der Waals surface area contributed by atoms with Crippen LogP contribution in [0.3, 0.4) is 0 Å². The molecule has 0 unspecified atom stereocenters. The molecular weight excluding hydrogens is 265 g/mol. The fraction of sp³-hybridized carbons (Fsp3) is 0.438. The summed E-state index contributed by atoms with van der Waals surface area (Å²) in [6.45, 7) is 11.8. The minimum absolute atomic E-state index is 0.383. The number of nitrogens with zero attached hydrogens (tertiary/aromatic N) is 1. The summed E-state index contributed by atoms with van der Waals surface area (Å²) >= 11 is 0. The van der Waals surface area contributed by atoms with Crippen LogP contribution in [0.25, 0.3) is 6.08 Å². The number of rotatable bonds is 4. The van der Waals surface area contributed by atoms with Gasteiger partial charge in [0, 0.05) is 12.7 Å². The first-order valence-corrected chi connectivity index (χ1v) is 7.02. The van der Waals surface area contributed by atoms with Gasteiger partial charge in [0.2, 0.25) is 6.41 Å². The Morgan fingerprint density at radius 1 is 1.19 bits per heavy atom. The van der Waals surface area contributed by atoms with Gasteiger partial charge in [0.15, 0.2) is 0 Å². The predicted octanol–water partition coefficient (Wildman–Crippen LogP) is 2.22. The lowest BCUT2D eigenvalue weighted by Crippen LogP contribution is -2.41. The molecule has 0 N–H and O–H groups in total. The zero-order valence-corrected chi connectivity index (χ0v) is 13.3. The van der Waals surface area contributed by atoms with Crippen molar-refractivity contribution in [1.82, 2.24) is 0 Å². The minimum Gasteiger partial charge on any atom is -0.399 e. The van der Waals surface area contributed by atoms with Crippen LogP contribution in [0.1, 0.15) is 33.3 Å². The summed E-state index contributed by atoms with van der Waals surface area (Å²) in [6, 6.07) is 5.78. The minimum atomic E-state index is -0.437. The Morgan fingerprint density at radius 2 is 1.76 bits per heavy atom. The summed E-state index contributed by atoms with van der Waals surface area (Å²) < 4.78 is 12.1. The Hall–Kier alpha value is -1.59. The lowest BCUT2D eigenvalue weighted by Gasteiger charge is -2.32. The van der Waals surface area contributed by atoms with E-state index in [1.165, 1.54) is 4.90 Å². The summed E-state index contributed by atoms with van der Waals surface area (Å²) in [4.78, 5) is 12.6. The molecule has 1 aliphatic heterocycles. The van der Waals surface area contributed by atoms with Crippen LogP contribution in [0, 0.1) is 0 Å². The van der Waals surface area contributed by atoms with Crippen LogP contribution < -0.4 is 10.4 Å². The normalized spacial score (nSPS) is 19.4. The van der Waals surface area contributed by atoms with Crippen LogP contribution in [0.2, 0.25) is 0 Å². The highest BCUT2D eigenvalue weighted by Gasteiger charge is 2.51. The molecule has 5 heteroatoms. The fourth-order valence-electron chi connectivity index (χ4n) is 2.22. The molecule has 0 bridgehead atoms. The monoisotopic (exact) mass is 287 g/mol. The number of benzene rings is 1. The van der Waals surface area contributed by atoms with E-state index in [-0.39, 0.29) is 11.2 Å². The van der Waals surface area contributed by atoms with Gasteiger partial charge in [0.25, 0.3) is 0 Å². The zero-order valence-electron chi connectivity index (χ0n) is 13.3. The van der Waals surface area contributed by atoms with Gasteiger partial charge in [-0.1, -0.05) is 24.8 Å². The summed E-state index contributed by atoms with van der Waals surface area (Å²) in [5, 5.41) is 0. The number of anilines is 1. The van der Waals surface area contributed by atoms with Crippen LogP contribution in [-0.2, 0) is 14.1 Å². The number of amides is 1. The van der Waals surface area contributed by atoms with Crippen molar-refractivity contribution in [3.63, 3.8) is 0 Å². The van der Waals surface area contributed by atoms with Crippen LogP contribution in [0.4, 0.5) is 5.69 Å². The maximum Gasteiger partial charge on any atom is 0.494 e. The van der Waals surface area contributed by atoms with Crippen molar-refractivity contribution in [3.05, 3.63) is 30.3 Å². The number of hydrogen-bond acceptors (Lipinski definition) is 3. The fourth-order valence-corrected chi connectivity index (χ4v) is 2.22. The maximum atomic E-state index is 11.0. The van der Waals surface area contributed by atoms with Crippen LogP contribution >= 0.6 is 0 Å². The van der Waals surface area contributed by atoms with Gasteiger partial charge >= 0.3 is 7.12 Å². The molecule has 1 saturated heterocycles. The highest BCUT2D eigenvalue weighted by molar-refractivity contribution is 6.62. The Kier molecular flexibility index (Phi) is 4.00. The largest absolute Gasteiger partial charge is 0.494 e. The SMILES string of the molecule is C=Cc1ccc(B2OC(C)(C)C(C)(C)O2)cc1N(C)C=O. The molecule has 0 saturated carbocycles. The molecule has 0 aromatic heterocycles. The Balaban J connectivity index is 2.39. The van der Waals surface area contributed by atoms with Gasteiger partial charge in [0.05, 0.1) is 11.2 Å². The smallest absolute Gasteiger partial charge is 0.399 e. The first-order chi connectivity index (χ1) is 9.71. The highest BCUT2D eigenvalue weighted by Crippen LogP contribution is 2.36. The van der Waals surface area contributed by atoms with Crippen LogP contribution in [-0.4, -0.2) is 31.8 Å². The summed E-state index contributed by atoms with van der Waals surface area (Å²) in [5.41, 5.74) is 1.80. The van der Waals surface area contributed by atoms with Crippen LogP contribution in [0.5, 0.6) is 0 Å². The third-order valence-electron chi connectivity index (χ3n) is 4.34. The molecule has 112 valence electrons. The van der Waals surface area contributed by atoms with E-state index in [4.69, 9.17) is 9.31 Å². The second-order valence-electron chi connectivity index (χ2n) is 6.33. The molecule has 1 amide bonds. The quantitative estimate of drug-likeness (QED) is 0.629. The van der Waals surface area contributed by atoms with Crippen molar-refractivity contribution in [2.45, 2.75) is 38.9 Å². The van der Waals surface area contributed by atoms with Gasteiger partial charge in [-0.05, 0) is 44.8 Å². The lowest BCUT2D eigenvalue weighted by molar-refractivity contribution is -0.107. The molecule has 1 aliphatic rings. The standard InChI is InChI=1S/C16H22BNO3/c1-7-12-8-9-13(10-14(12)18(6)11-19)17-20-15(2,3)16(4,5)21-17/h7-11H,1H2,2-6H3. The first-order valence-electron chi connectivity index (χ1n) is 7.02. The third-order valence-corrected chi connectivity index (χ3v) is 4.34. The molecule has 0 aliphatic carbocycles. The number of hydrogen-bond donors (Lipinski definition) is 0. The molecule has 2 rings (SSSR count). The topological polar surface area (TPSA) is 38.8 Å². The van der Waals surface area contributed by atoms with E-state index in [1.807, 2.05) is 45.9 Å². The molecule has 21 heavy (non-hydrogen) atoms. The van der Waals surface area contributed by atoms with Gasteiger partial charge < -0.3 is 14.2 Å². The molecule has 0 radical (unpaired) electrons. The first kappa shape index (κ1) is 15.8. The molecule has 1 aromatic carbocycles. The summed E-state index contributed by atoms with van der Waals surface area (Å²) in [5.74, 6) is 0. The van der Waals surface area contributed by atoms with Gasteiger partial charge in [-0.25, -0.2) is 0 Å². The number of carbonyl (C=O) groups excluding carboxylic acids is 1. The average Bonchev–Trinajstić information content (AvgIpc) is 2.66.